The molecule has 4 N–H and O–H groups in total. The number of primary amides is 1. The van der Waals surface area contributed by atoms with E-state index in [1.807, 2.05) is 6.92 Å². The Kier molecular flexibility index (Phi) is 6.07. The largest absolute Gasteiger partial charge is 0.379 e. The van der Waals surface area contributed by atoms with Crippen LogP contribution in [-0.4, -0.2) is 40.7 Å². The van der Waals surface area contributed by atoms with Crippen molar-refractivity contribution in [3.05, 3.63) is 11.8 Å². The monoisotopic (exact) mass is 347 g/mol. The first-order valence-electron chi connectivity index (χ1n) is 9.47. The molecular weight excluding hydrogens is 318 g/mol. The van der Waals surface area contributed by atoms with E-state index >= 15 is 0 Å². The van der Waals surface area contributed by atoms with Crippen LogP contribution in [0.5, 0.6) is 0 Å². The molecule has 1 aromatic rings. The minimum atomic E-state index is -0.496. The van der Waals surface area contributed by atoms with E-state index < -0.39 is 5.91 Å². The molecule has 7 heteroatoms. The van der Waals surface area contributed by atoms with Crippen molar-refractivity contribution < 1.29 is 9.53 Å². The highest BCUT2D eigenvalue weighted by atomic mass is 16.5. The van der Waals surface area contributed by atoms with Crippen molar-refractivity contribution in [1.29, 1.82) is 0 Å². The first-order valence-corrected chi connectivity index (χ1v) is 9.47. The number of ether oxygens (including phenoxy) is 1. The van der Waals surface area contributed by atoms with Crippen molar-refractivity contribution in [3.8, 4) is 0 Å². The summed E-state index contributed by atoms with van der Waals surface area (Å²) in [4.78, 5) is 20.5. The number of nitrogens with zero attached hydrogens (tertiary/aromatic N) is 2. The summed E-state index contributed by atoms with van der Waals surface area (Å²) in [5.41, 5.74) is 5.83. The van der Waals surface area contributed by atoms with Crippen LogP contribution in [0.2, 0.25) is 0 Å². The third-order valence-corrected chi connectivity index (χ3v) is 5.16. The van der Waals surface area contributed by atoms with E-state index in [-0.39, 0.29) is 0 Å². The molecule has 7 nitrogen and oxygen atoms in total. The Morgan fingerprint density at radius 2 is 1.84 bits per heavy atom. The quantitative estimate of drug-likeness (QED) is 0.701. The van der Waals surface area contributed by atoms with Crippen molar-refractivity contribution in [2.24, 2.45) is 5.73 Å². The summed E-state index contributed by atoms with van der Waals surface area (Å²) >= 11 is 0. The molecule has 138 valence electrons. The van der Waals surface area contributed by atoms with Crippen LogP contribution in [0.3, 0.4) is 0 Å². The van der Waals surface area contributed by atoms with Gasteiger partial charge in [0.15, 0.2) is 0 Å². The Balaban J connectivity index is 1.64. The fraction of sp³-hybridized carbons (Fsp3) is 0.722. The number of hydrogen-bond donors (Lipinski definition) is 3. The highest BCUT2D eigenvalue weighted by molar-refractivity contribution is 5.97. The van der Waals surface area contributed by atoms with Gasteiger partial charge in [0.05, 0.1) is 11.7 Å². The number of nitrogens with two attached hydrogens (primary N) is 1. The van der Waals surface area contributed by atoms with Crippen LogP contribution in [0.1, 0.15) is 68.6 Å². The van der Waals surface area contributed by atoms with Gasteiger partial charge in [-0.2, -0.15) is 4.98 Å². The van der Waals surface area contributed by atoms with E-state index in [1.54, 1.807) is 0 Å². The van der Waals surface area contributed by atoms with E-state index in [9.17, 15) is 4.79 Å². The van der Waals surface area contributed by atoms with Crippen LogP contribution in [0.4, 0.5) is 11.8 Å². The maximum Gasteiger partial charge on any atom is 0.254 e. The Morgan fingerprint density at radius 3 is 2.48 bits per heavy atom. The van der Waals surface area contributed by atoms with Crippen molar-refractivity contribution >= 4 is 17.7 Å². The fourth-order valence-electron chi connectivity index (χ4n) is 3.80. The van der Waals surface area contributed by atoms with Gasteiger partial charge in [-0.3, -0.25) is 4.79 Å². The molecule has 2 fully saturated rings. The zero-order valence-electron chi connectivity index (χ0n) is 15.0. The summed E-state index contributed by atoms with van der Waals surface area (Å²) in [5.74, 6) is 0.620. The third kappa shape index (κ3) is 4.81. The minimum absolute atomic E-state index is 0.343. The fourth-order valence-corrected chi connectivity index (χ4v) is 3.80. The van der Waals surface area contributed by atoms with Crippen LogP contribution in [0.25, 0.3) is 0 Å². The molecule has 0 aromatic carbocycles. The van der Waals surface area contributed by atoms with Crippen molar-refractivity contribution in [2.75, 3.05) is 17.2 Å². The van der Waals surface area contributed by atoms with Gasteiger partial charge in [-0.05, 0) is 45.4 Å². The number of rotatable bonds is 7. The molecule has 1 heterocycles. The minimum Gasteiger partial charge on any atom is -0.379 e. The second-order valence-corrected chi connectivity index (χ2v) is 7.02. The zero-order chi connectivity index (χ0) is 17.6. The average Bonchev–Trinajstić information content (AvgIpc) is 3.10. The van der Waals surface area contributed by atoms with Gasteiger partial charge in [-0.25, -0.2) is 4.98 Å². The zero-order valence-corrected chi connectivity index (χ0v) is 15.0. The Labute approximate surface area is 149 Å². The van der Waals surface area contributed by atoms with Gasteiger partial charge < -0.3 is 21.1 Å². The van der Waals surface area contributed by atoms with Gasteiger partial charge >= 0.3 is 0 Å². The molecule has 2 aliphatic carbocycles. The summed E-state index contributed by atoms with van der Waals surface area (Å²) in [7, 11) is 0. The maximum absolute atomic E-state index is 11.7. The second-order valence-electron chi connectivity index (χ2n) is 7.02. The Hall–Kier alpha value is -1.89. The number of amides is 1. The van der Waals surface area contributed by atoms with Gasteiger partial charge in [0.25, 0.3) is 5.91 Å². The summed E-state index contributed by atoms with van der Waals surface area (Å²) in [6.45, 7) is 2.81. The highest BCUT2D eigenvalue weighted by Crippen LogP contribution is 2.26. The van der Waals surface area contributed by atoms with Crippen LogP contribution in [0.15, 0.2) is 6.20 Å². The standard InChI is InChI=1S/C18H29N5O2/c1-2-25-14-9-7-13(8-10-14)22-18-20-11-15(16(19)24)17(23-18)21-12-5-3-4-6-12/h11-14H,2-10H2,1H3,(H2,19,24)(H2,20,21,22,23). The average molecular weight is 347 g/mol. The molecule has 0 radical (unpaired) electrons. The summed E-state index contributed by atoms with van der Waals surface area (Å²) in [6, 6.07) is 0.706. The van der Waals surface area contributed by atoms with E-state index in [1.165, 1.54) is 19.0 Å². The number of anilines is 2. The van der Waals surface area contributed by atoms with Gasteiger partial charge in [0, 0.05) is 24.9 Å². The normalized spacial score (nSPS) is 24.2. The third-order valence-electron chi connectivity index (χ3n) is 5.16. The van der Waals surface area contributed by atoms with Gasteiger partial charge in [0.1, 0.15) is 5.82 Å². The van der Waals surface area contributed by atoms with Crippen LogP contribution in [-0.2, 0) is 4.74 Å². The molecule has 0 saturated heterocycles. The summed E-state index contributed by atoms with van der Waals surface area (Å²) in [6.07, 6.45) is 10.7. The smallest absolute Gasteiger partial charge is 0.254 e. The number of carbonyl (C=O) groups is 1. The lowest BCUT2D eigenvalue weighted by Crippen LogP contribution is -2.30. The highest BCUT2D eigenvalue weighted by Gasteiger charge is 2.23. The molecule has 25 heavy (non-hydrogen) atoms. The molecule has 0 aliphatic heterocycles. The molecule has 2 aliphatic rings. The van der Waals surface area contributed by atoms with Crippen molar-refractivity contribution in [1.82, 2.24) is 9.97 Å². The van der Waals surface area contributed by atoms with Crippen LogP contribution >= 0.6 is 0 Å². The molecule has 1 amide bonds. The molecule has 0 atom stereocenters. The van der Waals surface area contributed by atoms with E-state index in [4.69, 9.17) is 10.5 Å². The lowest BCUT2D eigenvalue weighted by atomic mass is 9.93. The van der Waals surface area contributed by atoms with Gasteiger partial charge in [-0.15, -0.1) is 0 Å². The van der Waals surface area contributed by atoms with E-state index in [0.29, 0.717) is 35.5 Å². The van der Waals surface area contributed by atoms with Crippen molar-refractivity contribution in [3.63, 3.8) is 0 Å². The molecule has 1 aromatic heterocycles. The lowest BCUT2D eigenvalue weighted by Gasteiger charge is -2.29. The molecule has 2 saturated carbocycles. The van der Waals surface area contributed by atoms with Crippen LogP contribution in [0, 0.1) is 0 Å². The predicted octanol–water partition coefficient (Wildman–Crippen LogP) is 2.69. The summed E-state index contributed by atoms with van der Waals surface area (Å²) < 4.78 is 5.70. The number of carbonyl (C=O) groups excluding carboxylic acids is 1. The molecule has 3 rings (SSSR count). The molecule has 0 bridgehead atoms. The Bertz CT molecular complexity index is 581. The van der Waals surface area contributed by atoms with Crippen LogP contribution < -0.4 is 16.4 Å². The topological polar surface area (TPSA) is 102 Å². The first kappa shape index (κ1) is 17.9. The first-order chi connectivity index (χ1) is 12.2. The van der Waals surface area contributed by atoms with E-state index in [2.05, 4.69) is 20.6 Å². The SMILES string of the molecule is CCOC1CCC(Nc2ncc(C(N)=O)c(NC3CCCC3)n2)CC1. The summed E-state index contributed by atoms with van der Waals surface area (Å²) in [5, 5.41) is 6.79. The van der Waals surface area contributed by atoms with Gasteiger partial charge in [-0.1, -0.05) is 12.8 Å². The number of aromatic nitrogens is 2. The van der Waals surface area contributed by atoms with Crippen molar-refractivity contribution in [2.45, 2.75) is 76.5 Å². The predicted molar refractivity (Wildman–Crippen MR) is 97.7 cm³/mol. The number of nitrogens with one attached hydrogen (secondary N) is 2. The molecule has 0 unspecified atom stereocenters. The van der Waals surface area contributed by atoms with Gasteiger partial charge in [0.2, 0.25) is 5.95 Å². The number of hydrogen-bond acceptors (Lipinski definition) is 6. The second kappa shape index (κ2) is 8.47. The van der Waals surface area contributed by atoms with E-state index in [0.717, 1.165) is 45.1 Å². The Morgan fingerprint density at radius 1 is 1.16 bits per heavy atom. The molecule has 0 spiro atoms. The maximum atomic E-state index is 11.7. The molecular formula is C18H29N5O2. The lowest BCUT2D eigenvalue weighted by molar-refractivity contribution is 0.0346.